The van der Waals surface area contributed by atoms with Gasteiger partial charge in [0.25, 0.3) is 0 Å². The molecule has 0 aromatic heterocycles. The zero-order valence-corrected chi connectivity index (χ0v) is 17.7. The highest BCUT2D eigenvalue weighted by molar-refractivity contribution is 8.00. The lowest BCUT2D eigenvalue weighted by atomic mass is 9.90. The number of amides is 4. The summed E-state index contributed by atoms with van der Waals surface area (Å²) in [6.45, 7) is 5.35. The SMILES string of the molecule is CC[C@H](C)[C@H](NC(C)=O)C(=O)NC1CCCC(NC(=O)[C@@H]2CSCC(=O)N2)C1. The molecule has 0 radical (unpaired) electrons. The Balaban J connectivity index is 1.87. The van der Waals surface area contributed by atoms with Crippen molar-refractivity contribution in [3.63, 3.8) is 0 Å². The maximum Gasteiger partial charge on any atom is 0.243 e. The molecule has 158 valence electrons. The fraction of sp³-hybridized carbons (Fsp3) is 0.789. The molecule has 1 heterocycles. The fourth-order valence-corrected chi connectivity index (χ4v) is 4.51. The van der Waals surface area contributed by atoms with E-state index in [-0.39, 0.29) is 41.6 Å². The Morgan fingerprint density at radius 1 is 1.21 bits per heavy atom. The molecule has 2 aliphatic rings. The average molecular weight is 413 g/mol. The van der Waals surface area contributed by atoms with Crippen molar-refractivity contribution in [2.24, 2.45) is 5.92 Å². The van der Waals surface area contributed by atoms with Crippen LogP contribution in [0, 0.1) is 5.92 Å². The van der Waals surface area contributed by atoms with Crippen LogP contribution in [0.5, 0.6) is 0 Å². The van der Waals surface area contributed by atoms with Crippen molar-refractivity contribution in [1.82, 2.24) is 21.3 Å². The summed E-state index contributed by atoms with van der Waals surface area (Å²) in [7, 11) is 0. The van der Waals surface area contributed by atoms with Crippen molar-refractivity contribution in [2.75, 3.05) is 11.5 Å². The molecule has 4 N–H and O–H groups in total. The van der Waals surface area contributed by atoms with Gasteiger partial charge >= 0.3 is 0 Å². The molecule has 9 heteroatoms. The van der Waals surface area contributed by atoms with Gasteiger partial charge in [0, 0.05) is 24.8 Å². The van der Waals surface area contributed by atoms with Crippen LogP contribution in [0.1, 0.15) is 52.9 Å². The van der Waals surface area contributed by atoms with Crippen LogP contribution in [0.2, 0.25) is 0 Å². The summed E-state index contributed by atoms with van der Waals surface area (Å²) < 4.78 is 0. The van der Waals surface area contributed by atoms with Crippen molar-refractivity contribution in [2.45, 2.75) is 77.0 Å². The van der Waals surface area contributed by atoms with Gasteiger partial charge in [0.2, 0.25) is 23.6 Å². The molecule has 0 bridgehead atoms. The van der Waals surface area contributed by atoms with Crippen LogP contribution in [-0.4, -0.2) is 59.3 Å². The molecule has 28 heavy (non-hydrogen) atoms. The highest BCUT2D eigenvalue weighted by Gasteiger charge is 2.31. The first-order valence-electron chi connectivity index (χ1n) is 10.0. The highest BCUT2D eigenvalue weighted by atomic mass is 32.2. The number of carbonyl (C=O) groups is 4. The van der Waals surface area contributed by atoms with E-state index in [9.17, 15) is 19.2 Å². The molecule has 2 rings (SSSR count). The van der Waals surface area contributed by atoms with E-state index in [4.69, 9.17) is 0 Å². The standard InChI is InChI=1S/C19H32N4O4S/c1-4-11(2)17(20-12(3)24)19(27)22-14-7-5-6-13(8-14)21-18(26)15-9-28-10-16(25)23-15/h11,13-15,17H,4-10H2,1-3H3,(H,20,24)(H,21,26)(H,22,27)(H,23,25)/t11-,13?,14?,15-,17-/m0/s1. The zero-order valence-electron chi connectivity index (χ0n) is 16.9. The number of thioether (sulfide) groups is 1. The first kappa shape index (κ1) is 22.5. The summed E-state index contributed by atoms with van der Waals surface area (Å²) in [5.74, 6) is 0.354. The second-order valence-corrected chi connectivity index (χ2v) is 8.81. The molecule has 0 aromatic carbocycles. The van der Waals surface area contributed by atoms with E-state index in [1.54, 1.807) is 0 Å². The molecular formula is C19H32N4O4S. The van der Waals surface area contributed by atoms with E-state index >= 15 is 0 Å². The molecule has 8 nitrogen and oxygen atoms in total. The smallest absolute Gasteiger partial charge is 0.243 e. The van der Waals surface area contributed by atoms with Crippen molar-refractivity contribution in [1.29, 1.82) is 0 Å². The van der Waals surface area contributed by atoms with Gasteiger partial charge in [-0.25, -0.2) is 0 Å². The Morgan fingerprint density at radius 3 is 2.50 bits per heavy atom. The van der Waals surface area contributed by atoms with Crippen molar-refractivity contribution in [3.8, 4) is 0 Å². The highest BCUT2D eigenvalue weighted by Crippen LogP contribution is 2.20. The number of rotatable bonds is 7. The Morgan fingerprint density at radius 2 is 1.89 bits per heavy atom. The first-order valence-corrected chi connectivity index (χ1v) is 11.2. The number of carbonyl (C=O) groups excluding carboxylic acids is 4. The van der Waals surface area contributed by atoms with Gasteiger partial charge in [0.05, 0.1) is 5.75 Å². The van der Waals surface area contributed by atoms with Gasteiger partial charge in [0.1, 0.15) is 12.1 Å². The third kappa shape index (κ3) is 6.68. The summed E-state index contributed by atoms with van der Waals surface area (Å²) in [5.41, 5.74) is 0. The summed E-state index contributed by atoms with van der Waals surface area (Å²) >= 11 is 1.46. The first-order chi connectivity index (χ1) is 13.3. The molecule has 1 saturated heterocycles. The second-order valence-electron chi connectivity index (χ2n) is 7.78. The van der Waals surface area contributed by atoms with Crippen LogP contribution in [0.15, 0.2) is 0 Å². The van der Waals surface area contributed by atoms with E-state index in [2.05, 4.69) is 21.3 Å². The Bertz CT molecular complexity index is 600. The monoisotopic (exact) mass is 412 g/mol. The summed E-state index contributed by atoms with van der Waals surface area (Å²) in [6.07, 6.45) is 4.04. The second kappa shape index (κ2) is 10.7. The predicted molar refractivity (Wildman–Crippen MR) is 109 cm³/mol. The number of hydrogen-bond donors (Lipinski definition) is 4. The lowest BCUT2D eigenvalue weighted by Gasteiger charge is -2.33. The maximum atomic E-state index is 12.7. The van der Waals surface area contributed by atoms with Crippen LogP contribution in [0.4, 0.5) is 0 Å². The summed E-state index contributed by atoms with van der Waals surface area (Å²) in [4.78, 5) is 48.0. The largest absolute Gasteiger partial charge is 0.351 e. The van der Waals surface area contributed by atoms with Crippen LogP contribution in [0.3, 0.4) is 0 Å². The molecule has 1 aliphatic heterocycles. The van der Waals surface area contributed by atoms with Gasteiger partial charge in [-0.2, -0.15) is 0 Å². The van der Waals surface area contributed by atoms with Crippen LogP contribution >= 0.6 is 11.8 Å². The quantitative estimate of drug-likeness (QED) is 0.480. The molecular weight excluding hydrogens is 380 g/mol. The Kier molecular flexibility index (Phi) is 8.59. The van der Waals surface area contributed by atoms with Crippen LogP contribution < -0.4 is 21.3 Å². The van der Waals surface area contributed by atoms with Crippen molar-refractivity contribution in [3.05, 3.63) is 0 Å². The predicted octanol–water partition coefficient (Wildman–Crippen LogP) is 0.312. The minimum Gasteiger partial charge on any atom is -0.351 e. The van der Waals surface area contributed by atoms with Crippen LogP contribution in [0.25, 0.3) is 0 Å². The minimum atomic E-state index is -0.549. The molecule has 2 unspecified atom stereocenters. The van der Waals surface area contributed by atoms with Gasteiger partial charge < -0.3 is 21.3 Å². The minimum absolute atomic E-state index is 0.0295. The lowest BCUT2D eigenvalue weighted by Crippen LogP contribution is -2.56. The maximum absolute atomic E-state index is 12.7. The van der Waals surface area contributed by atoms with Crippen molar-refractivity contribution < 1.29 is 19.2 Å². The van der Waals surface area contributed by atoms with E-state index in [1.807, 2.05) is 13.8 Å². The third-order valence-electron chi connectivity index (χ3n) is 5.39. The van der Waals surface area contributed by atoms with Crippen molar-refractivity contribution >= 4 is 35.4 Å². The zero-order chi connectivity index (χ0) is 20.7. The molecule has 2 fully saturated rings. The van der Waals surface area contributed by atoms with Gasteiger partial charge in [-0.05, 0) is 31.6 Å². The Hall–Kier alpha value is -1.77. The summed E-state index contributed by atoms with van der Waals surface area (Å²) in [5, 5.41) is 11.5. The van der Waals surface area contributed by atoms with Gasteiger partial charge in [-0.1, -0.05) is 20.3 Å². The number of nitrogens with one attached hydrogen (secondary N) is 4. The van der Waals surface area contributed by atoms with Gasteiger partial charge in [-0.3, -0.25) is 19.2 Å². The van der Waals surface area contributed by atoms with Crippen LogP contribution in [-0.2, 0) is 19.2 Å². The van der Waals surface area contributed by atoms with E-state index in [0.29, 0.717) is 17.9 Å². The topological polar surface area (TPSA) is 116 Å². The molecule has 5 atom stereocenters. The third-order valence-corrected chi connectivity index (χ3v) is 6.43. The average Bonchev–Trinajstić information content (AvgIpc) is 2.65. The van der Waals surface area contributed by atoms with Gasteiger partial charge in [-0.15, -0.1) is 11.8 Å². The van der Waals surface area contributed by atoms with Gasteiger partial charge in [0.15, 0.2) is 0 Å². The molecule has 1 saturated carbocycles. The molecule has 1 aliphatic carbocycles. The lowest BCUT2D eigenvalue weighted by molar-refractivity contribution is -0.130. The van der Waals surface area contributed by atoms with E-state index in [1.165, 1.54) is 18.7 Å². The summed E-state index contributed by atoms with van der Waals surface area (Å²) in [6, 6.07) is -1.11. The fourth-order valence-electron chi connectivity index (χ4n) is 3.65. The molecule has 4 amide bonds. The Labute approximate surface area is 170 Å². The normalized spacial score (nSPS) is 27.1. The van der Waals surface area contributed by atoms with E-state index < -0.39 is 12.1 Å². The number of hydrogen-bond acceptors (Lipinski definition) is 5. The molecule has 0 spiro atoms. The van der Waals surface area contributed by atoms with E-state index in [0.717, 1.165) is 25.7 Å². The molecule has 0 aromatic rings.